The van der Waals surface area contributed by atoms with Gasteiger partial charge in [-0.2, -0.15) is 0 Å². The van der Waals surface area contributed by atoms with Crippen molar-refractivity contribution >= 4 is 11.6 Å². The summed E-state index contributed by atoms with van der Waals surface area (Å²) in [6.45, 7) is 3.10. The summed E-state index contributed by atoms with van der Waals surface area (Å²) >= 11 is 5.98. The highest BCUT2D eigenvalue weighted by atomic mass is 35.5. The van der Waals surface area contributed by atoms with Crippen LogP contribution >= 0.6 is 11.6 Å². The van der Waals surface area contributed by atoms with E-state index in [0.717, 1.165) is 37.7 Å². The summed E-state index contributed by atoms with van der Waals surface area (Å²) in [5, 5.41) is 13.8. The second kappa shape index (κ2) is 7.72. The summed E-state index contributed by atoms with van der Waals surface area (Å²) in [6.07, 6.45) is 3.62. The lowest BCUT2D eigenvalue weighted by Gasteiger charge is -2.11. The van der Waals surface area contributed by atoms with Crippen LogP contribution in [0.1, 0.15) is 24.8 Å². The van der Waals surface area contributed by atoms with E-state index < -0.39 is 0 Å². The third-order valence-electron chi connectivity index (χ3n) is 3.35. The molecule has 0 bridgehead atoms. The number of hydrogen-bond donors (Lipinski definition) is 2. The molecular formula is C15H22ClNO3. The zero-order chi connectivity index (χ0) is 14.4. The van der Waals surface area contributed by atoms with E-state index in [1.807, 2.05) is 0 Å². The van der Waals surface area contributed by atoms with Gasteiger partial charge in [0.2, 0.25) is 0 Å². The van der Waals surface area contributed by atoms with Crippen LogP contribution in [0.15, 0.2) is 12.1 Å². The fourth-order valence-electron chi connectivity index (χ4n) is 1.98. The summed E-state index contributed by atoms with van der Waals surface area (Å²) in [5.41, 5.74) is 0.744. The van der Waals surface area contributed by atoms with Gasteiger partial charge in [-0.15, -0.1) is 0 Å². The van der Waals surface area contributed by atoms with Gasteiger partial charge in [0.1, 0.15) is 0 Å². The lowest BCUT2D eigenvalue weighted by Crippen LogP contribution is -2.16. The molecule has 0 heterocycles. The standard InChI is InChI=1S/C15H22ClNO3/c1-19-14-8-13(16)7-12(15(14)18)9-17-5-2-6-20-10-11-3-4-11/h7-8,11,17-18H,2-6,9-10H2,1H3. The fraction of sp³-hybridized carbons (Fsp3) is 0.600. The van der Waals surface area contributed by atoms with Crippen LogP contribution in [0.5, 0.6) is 11.5 Å². The third-order valence-corrected chi connectivity index (χ3v) is 3.56. The van der Waals surface area contributed by atoms with Gasteiger partial charge in [0.15, 0.2) is 11.5 Å². The topological polar surface area (TPSA) is 50.7 Å². The number of rotatable bonds is 9. The Kier molecular flexibility index (Phi) is 5.95. The Labute approximate surface area is 125 Å². The van der Waals surface area contributed by atoms with Gasteiger partial charge in [0.25, 0.3) is 0 Å². The minimum absolute atomic E-state index is 0.148. The number of halogens is 1. The molecule has 1 aliphatic rings. The van der Waals surface area contributed by atoms with Gasteiger partial charge in [0.05, 0.1) is 7.11 Å². The van der Waals surface area contributed by atoms with Crippen LogP contribution in [0.4, 0.5) is 0 Å². The molecule has 1 fully saturated rings. The Morgan fingerprint density at radius 1 is 1.40 bits per heavy atom. The van der Waals surface area contributed by atoms with Crippen molar-refractivity contribution < 1.29 is 14.6 Å². The van der Waals surface area contributed by atoms with Crippen LogP contribution < -0.4 is 10.1 Å². The van der Waals surface area contributed by atoms with Crippen molar-refractivity contribution in [1.29, 1.82) is 0 Å². The highest BCUT2D eigenvalue weighted by molar-refractivity contribution is 6.30. The molecule has 1 aromatic carbocycles. The van der Waals surface area contributed by atoms with Gasteiger partial charge in [0, 0.05) is 36.4 Å². The van der Waals surface area contributed by atoms with Crippen LogP contribution in [0, 0.1) is 5.92 Å². The monoisotopic (exact) mass is 299 g/mol. The molecule has 2 N–H and O–H groups in total. The molecule has 0 amide bonds. The Morgan fingerprint density at radius 3 is 2.90 bits per heavy atom. The van der Waals surface area contributed by atoms with Gasteiger partial charge in [-0.3, -0.25) is 0 Å². The van der Waals surface area contributed by atoms with Gasteiger partial charge in [-0.1, -0.05) is 11.6 Å². The lowest BCUT2D eigenvalue weighted by molar-refractivity contribution is 0.122. The van der Waals surface area contributed by atoms with Crippen molar-refractivity contribution in [3.05, 3.63) is 22.7 Å². The van der Waals surface area contributed by atoms with Crippen LogP contribution in [0.2, 0.25) is 5.02 Å². The molecule has 0 atom stereocenters. The largest absolute Gasteiger partial charge is 0.504 e. The molecule has 0 radical (unpaired) electrons. The molecule has 0 unspecified atom stereocenters. The first kappa shape index (κ1) is 15.4. The molecular weight excluding hydrogens is 278 g/mol. The molecule has 5 heteroatoms. The molecule has 2 rings (SSSR count). The molecule has 0 spiro atoms. The first-order valence-electron chi connectivity index (χ1n) is 7.04. The first-order valence-corrected chi connectivity index (χ1v) is 7.42. The van der Waals surface area contributed by atoms with Crippen LogP contribution in [0.25, 0.3) is 0 Å². The van der Waals surface area contributed by atoms with E-state index in [9.17, 15) is 5.11 Å². The first-order chi connectivity index (χ1) is 9.70. The molecule has 0 saturated heterocycles. The third kappa shape index (κ3) is 4.85. The summed E-state index contributed by atoms with van der Waals surface area (Å²) in [5.74, 6) is 1.37. The van der Waals surface area contributed by atoms with Gasteiger partial charge >= 0.3 is 0 Å². The number of benzene rings is 1. The maximum absolute atomic E-state index is 9.97. The highest BCUT2D eigenvalue weighted by Gasteiger charge is 2.20. The Hall–Kier alpha value is -0.970. The fourth-order valence-corrected chi connectivity index (χ4v) is 2.21. The molecule has 20 heavy (non-hydrogen) atoms. The van der Waals surface area contributed by atoms with Crippen molar-refractivity contribution in [3.8, 4) is 11.5 Å². The Balaban J connectivity index is 1.66. The average molecular weight is 300 g/mol. The van der Waals surface area contributed by atoms with Crippen molar-refractivity contribution in [1.82, 2.24) is 5.32 Å². The average Bonchev–Trinajstić information content (AvgIpc) is 3.25. The SMILES string of the molecule is COc1cc(Cl)cc(CNCCCOCC2CC2)c1O. The summed E-state index contributed by atoms with van der Waals surface area (Å²) in [7, 11) is 1.51. The molecule has 1 saturated carbocycles. The second-order valence-corrected chi connectivity index (χ2v) is 5.60. The van der Waals surface area contributed by atoms with Crippen molar-refractivity contribution in [2.75, 3.05) is 26.9 Å². The number of phenols is 1. The van der Waals surface area contributed by atoms with Gasteiger partial charge < -0.3 is 19.9 Å². The normalized spacial score (nSPS) is 14.5. The predicted molar refractivity (Wildman–Crippen MR) is 79.5 cm³/mol. The molecule has 1 aliphatic carbocycles. The van der Waals surface area contributed by atoms with E-state index in [0.29, 0.717) is 17.3 Å². The zero-order valence-electron chi connectivity index (χ0n) is 11.8. The van der Waals surface area contributed by atoms with Crippen molar-refractivity contribution in [3.63, 3.8) is 0 Å². The number of hydrogen-bond acceptors (Lipinski definition) is 4. The van der Waals surface area contributed by atoms with E-state index >= 15 is 0 Å². The predicted octanol–water partition coefficient (Wildman–Crippen LogP) is 2.96. The second-order valence-electron chi connectivity index (χ2n) is 5.16. The Morgan fingerprint density at radius 2 is 2.20 bits per heavy atom. The highest BCUT2D eigenvalue weighted by Crippen LogP contribution is 2.33. The van der Waals surface area contributed by atoms with Crippen LogP contribution in [-0.2, 0) is 11.3 Å². The van der Waals surface area contributed by atoms with Crippen molar-refractivity contribution in [2.45, 2.75) is 25.8 Å². The molecule has 0 aliphatic heterocycles. The van der Waals surface area contributed by atoms with Gasteiger partial charge in [-0.25, -0.2) is 0 Å². The summed E-state index contributed by atoms with van der Waals surface area (Å²) < 4.78 is 10.6. The lowest BCUT2D eigenvalue weighted by atomic mass is 10.2. The molecule has 1 aromatic rings. The van der Waals surface area contributed by atoms with Crippen molar-refractivity contribution in [2.24, 2.45) is 5.92 Å². The zero-order valence-corrected chi connectivity index (χ0v) is 12.6. The summed E-state index contributed by atoms with van der Waals surface area (Å²) in [4.78, 5) is 0. The smallest absolute Gasteiger partial charge is 0.162 e. The van der Waals surface area contributed by atoms with E-state index in [1.54, 1.807) is 12.1 Å². The minimum Gasteiger partial charge on any atom is -0.504 e. The molecule has 4 nitrogen and oxygen atoms in total. The van der Waals surface area contributed by atoms with E-state index in [4.69, 9.17) is 21.1 Å². The van der Waals surface area contributed by atoms with E-state index in [-0.39, 0.29) is 5.75 Å². The van der Waals surface area contributed by atoms with Crippen LogP contribution in [0.3, 0.4) is 0 Å². The van der Waals surface area contributed by atoms with E-state index in [1.165, 1.54) is 20.0 Å². The van der Waals surface area contributed by atoms with Crippen LogP contribution in [-0.4, -0.2) is 32.0 Å². The maximum Gasteiger partial charge on any atom is 0.162 e. The number of phenolic OH excluding ortho intramolecular Hbond substituents is 1. The molecule has 112 valence electrons. The number of aromatic hydroxyl groups is 1. The maximum atomic E-state index is 9.97. The molecule has 0 aromatic heterocycles. The quantitative estimate of drug-likeness (QED) is 0.688. The van der Waals surface area contributed by atoms with E-state index in [2.05, 4.69) is 5.32 Å². The number of ether oxygens (including phenoxy) is 2. The minimum atomic E-state index is 0.148. The van der Waals surface area contributed by atoms with Gasteiger partial charge in [-0.05, 0) is 37.8 Å². The number of nitrogens with one attached hydrogen (secondary N) is 1. The Bertz CT molecular complexity index is 435. The summed E-state index contributed by atoms with van der Waals surface area (Å²) in [6, 6.07) is 3.35. The number of methoxy groups -OCH3 is 1.